The standard InChI is InChI=1S/C15H20FN3O/c1-12(13-4-5-14(16)15(10-13)20-2)18-6-3-8-19-9-7-17-11-19/h4-5,7,9-12,18H,3,6,8H2,1-2H3. The molecule has 20 heavy (non-hydrogen) atoms. The highest BCUT2D eigenvalue weighted by molar-refractivity contribution is 5.31. The molecule has 0 fully saturated rings. The molecule has 1 aromatic carbocycles. The van der Waals surface area contributed by atoms with Crippen LogP contribution in [0.4, 0.5) is 4.39 Å². The molecule has 0 saturated heterocycles. The van der Waals surface area contributed by atoms with Gasteiger partial charge in [-0.2, -0.15) is 0 Å². The van der Waals surface area contributed by atoms with E-state index in [-0.39, 0.29) is 17.6 Å². The van der Waals surface area contributed by atoms with Gasteiger partial charge in [-0.25, -0.2) is 9.37 Å². The number of nitrogens with zero attached hydrogens (tertiary/aromatic N) is 2. The Bertz CT molecular complexity index is 528. The lowest BCUT2D eigenvalue weighted by atomic mass is 10.1. The maximum Gasteiger partial charge on any atom is 0.165 e. The van der Waals surface area contributed by atoms with E-state index in [4.69, 9.17) is 4.74 Å². The zero-order valence-electron chi connectivity index (χ0n) is 11.8. The van der Waals surface area contributed by atoms with Crippen molar-refractivity contribution in [1.82, 2.24) is 14.9 Å². The van der Waals surface area contributed by atoms with E-state index in [2.05, 4.69) is 17.2 Å². The summed E-state index contributed by atoms with van der Waals surface area (Å²) in [6, 6.07) is 5.12. The molecule has 2 rings (SSSR count). The third kappa shape index (κ3) is 3.81. The number of imidazole rings is 1. The third-order valence-electron chi connectivity index (χ3n) is 3.28. The molecule has 0 saturated carbocycles. The van der Waals surface area contributed by atoms with Crippen LogP contribution >= 0.6 is 0 Å². The number of rotatable bonds is 7. The summed E-state index contributed by atoms with van der Waals surface area (Å²) in [7, 11) is 1.48. The number of aromatic nitrogens is 2. The molecular formula is C15H20FN3O. The van der Waals surface area contributed by atoms with Gasteiger partial charge in [0.25, 0.3) is 0 Å². The van der Waals surface area contributed by atoms with E-state index >= 15 is 0 Å². The first kappa shape index (κ1) is 14.5. The number of methoxy groups -OCH3 is 1. The molecular weight excluding hydrogens is 257 g/mol. The average molecular weight is 277 g/mol. The summed E-state index contributed by atoms with van der Waals surface area (Å²) in [5.41, 5.74) is 1.02. The Balaban J connectivity index is 1.80. The van der Waals surface area contributed by atoms with Crippen molar-refractivity contribution < 1.29 is 9.13 Å². The highest BCUT2D eigenvalue weighted by Crippen LogP contribution is 2.22. The minimum absolute atomic E-state index is 0.160. The van der Waals surface area contributed by atoms with Crippen molar-refractivity contribution in [2.24, 2.45) is 0 Å². The molecule has 5 heteroatoms. The van der Waals surface area contributed by atoms with Crippen molar-refractivity contribution in [3.63, 3.8) is 0 Å². The van der Waals surface area contributed by atoms with Gasteiger partial charge in [-0.15, -0.1) is 0 Å². The van der Waals surface area contributed by atoms with E-state index in [0.717, 1.165) is 25.1 Å². The minimum Gasteiger partial charge on any atom is -0.494 e. The number of hydrogen-bond donors (Lipinski definition) is 1. The average Bonchev–Trinajstić information content (AvgIpc) is 2.97. The van der Waals surface area contributed by atoms with Gasteiger partial charge in [0.15, 0.2) is 11.6 Å². The van der Waals surface area contributed by atoms with Crippen LogP contribution in [0.2, 0.25) is 0 Å². The molecule has 1 atom stereocenters. The predicted molar refractivity (Wildman–Crippen MR) is 76.2 cm³/mol. The normalized spacial score (nSPS) is 12.3. The lowest BCUT2D eigenvalue weighted by Crippen LogP contribution is -2.21. The Morgan fingerprint density at radius 3 is 3.00 bits per heavy atom. The fraction of sp³-hybridized carbons (Fsp3) is 0.400. The molecule has 0 radical (unpaired) electrons. The topological polar surface area (TPSA) is 39.1 Å². The second-order valence-corrected chi connectivity index (χ2v) is 4.72. The zero-order valence-corrected chi connectivity index (χ0v) is 11.8. The predicted octanol–water partition coefficient (Wildman–Crippen LogP) is 2.77. The quantitative estimate of drug-likeness (QED) is 0.791. The van der Waals surface area contributed by atoms with E-state index < -0.39 is 0 Å². The van der Waals surface area contributed by atoms with Crippen LogP contribution in [0.3, 0.4) is 0 Å². The molecule has 2 aromatic rings. The van der Waals surface area contributed by atoms with Gasteiger partial charge < -0.3 is 14.6 Å². The van der Waals surface area contributed by atoms with Crippen molar-refractivity contribution in [2.75, 3.05) is 13.7 Å². The molecule has 1 N–H and O–H groups in total. The fourth-order valence-corrected chi connectivity index (χ4v) is 2.06. The Kier molecular flexibility index (Phi) is 5.12. The Hall–Kier alpha value is -1.88. The fourth-order valence-electron chi connectivity index (χ4n) is 2.06. The summed E-state index contributed by atoms with van der Waals surface area (Å²) < 4.78 is 20.4. The van der Waals surface area contributed by atoms with Gasteiger partial charge >= 0.3 is 0 Å². The van der Waals surface area contributed by atoms with Crippen LogP contribution in [0.15, 0.2) is 36.9 Å². The molecule has 0 aliphatic rings. The van der Waals surface area contributed by atoms with Crippen LogP contribution in [0.5, 0.6) is 5.75 Å². The van der Waals surface area contributed by atoms with Crippen molar-refractivity contribution in [2.45, 2.75) is 25.9 Å². The first-order valence-corrected chi connectivity index (χ1v) is 6.73. The number of hydrogen-bond acceptors (Lipinski definition) is 3. The van der Waals surface area contributed by atoms with Gasteiger partial charge in [-0.3, -0.25) is 0 Å². The second kappa shape index (κ2) is 7.05. The number of benzene rings is 1. The molecule has 0 spiro atoms. The molecule has 0 aliphatic heterocycles. The summed E-state index contributed by atoms with van der Waals surface area (Å²) in [5, 5.41) is 3.42. The summed E-state index contributed by atoms with van der Waals surface area (Å²) in [6.07, 6.45) is 6.56. The number of halogens is 1. The van der Waals surface area contributed by atoms with Gasteiger partial charge in [0.2, 0.25) is 0 Å². The van der Waals surface area contributed by atoms with Crippen LogP contribution in [0.25, 0.3) is 0 Å². The Morgan fingerprint density at radius 1 is 1.45 bits per heavy atom. The van der Waals surface area contributed by atoms with E-state index in [0.29, 0.717) is 0 Å². The van der Waals surface area contributed by atoms with Crippen LogP contribution < -0.4 is 10.1 Å². The summed E-state index contributed by atoms with van der Waals surface area (Å²) >= 11 is 0. The van der Waals surface area contributed by atoms with Gasteiger partial charge in [0.05, 0.1) is 13.4 Å². The first-order valence-electron chi connectivity index (χ1n) is 6.73. The van der Waals surface area contributed by atoms with Gasteiger partial charge in [0, 0.05) is 25.0 Å². The maximum atomic E-state index is 13.3. The third-order valence-corrected chi connectivity index (χ3v) is 3.28. The van der Waals surface area contributed by atoms with E-state index in [1.807, 2.05) is 17.1 Å². The summed E-state index contributed by atoms with van der Waals surface area (Å²) in [4.78, 5) is 4.00. The molecule has 0 aliphatic carbocycles. The molecule has 108 valence electrons. The number of nitrogens with one attached hydrogen (secondary N) is 1. The first-order chi connectivity index (χ1) is 9.70. The highest BCUT2D eigenvalue weighted by Gasteiger charge is 2.08. The molecule has 1 heterocycles. The molecule has 0 bridgehead atoms. The Labute approximate surface area is 118 Å². The number of ether oxygens (including phenoxy) is 1. The van der Waals surface area contributed by atoms with Crippen LogP contribution in [0.1, 0.15) is 24.9 Å². The number of aryl methyl sites for hydroxylation is 1. The smallest absolute Gasteiger partial charge is 0.165 e. The SMILES string of the molecule is COc1cc(C(C)NCCCn2ccnc2)ccc1F. The molecule has 1 aromatic heterocycles. The van der Waals surface area contributed by atoms with Crippen LogP contribution in [0, 0.1) is 5.82 Å². The summed E-state index contributed by atoms with van der Waals surface area (Å²) in [6.45, 7) is 3.88. The minimum atomic E-state index is -0.330. The molecule has 4 nitrogen and oxygen atoms in total. The van der Waals surface area contributed by atoms with Crippen molar-refractivity contribution >= 4 is 0 Å². The summed E-state index contributed by atoms with van der Waals surface area (Å²) in [5.74, 6) is -0.0434. The van der Waals surface area contributed by atoms with Crippen molar-refractivity contribution in [1.29, 1.82) is 0 Å². The van der Waals surface area contributed by atoms with Crippen LogP contribution in [-0.4, -0.2) is 23.2 Å². The lowest BCUT2D eigenvalue weighted by Gasteiger charge is -2.15. The molecule has 1 unspecified atom stereocenters. The van der Waals surface area contributed by atoms with Crippen molar-refractivity contribution in [3.8, 4) is 5.75 Å². The van der Waals surface area contributed by atoms with Gasteiger partial charge in [-0.1, -0.05) is 6.07 Å². The second-order valence-electron chi connectivity index (χ2n) is 4.72. The van der Waals surface area contributed by atoms with E-state index in [9.17, 15) is 4.39 Å². The monoisotopic (exact) mass is 277 g/mol. The van der Waals surface area contributed by atoms with Crippen molar-refractivity contribution in [3.05, 3.63) is 48.3 Å². The van der Waals surface area contributed by atoms with E-state index in [1.165, 1.54) is 13.2 Å². The largest absolute Gasteiger partial charge is 0.494 e. The van der Waals surface area contributed by atoms with Gasteiger partial charge in [-0.05, 0) is 37.6 Å². The van der Waals surface area contributed by atoms with Crippen LogP contribution in [-0.2, 0) is 6.54 Å². The maximum absolute atomic E-state index is 13.3. The zero-order chi connectivity index (χ0) is 14.4. The lowest BCUT2D eigenvalue weighted by molar-refractivity contribution is 0.385. The Morgan fingerprint density at radius 2 is 2.30 bits per heavy atom. The van der Waals surface area contributed by atoms with Gasteiger partial charge in [0.1, 0.15) is 0 Å². The van der Waals surface area contributed by atoms with E-state index in [1.54, 1.807) is 18.3 Å². The molecule has 0 amide bonds. The highest BCUT2D eigenvalue weighted by atomic mass is 19.1.